The Labute approximate surface area is 197 Å². The van der Waals surface area contributed by atoms with E-state index in [1.165, 1.54) is 5.56 Å². The molecule has 168 valence electrons. The SMILES string of the molecule is Cc1cc([C@@H](C)Nc2ccccc2C(=O)O)c2cc(SCc3ccccc3)n(C)c(=O)c2c1. The number of carboxylic acid groups (broad SMARTS) is 1. The number of aromatic nitrogens is 1. The summed E-state index contributed by atoms with van der Waals surface area (Å²) in [5.74, 6) is -0.214. The molecule has 0 unspecified atom stereocenters. The molecule has 0 bridgehead atoms. The first kappa shape index (κ1) is 22.7. The van der Waals surface area contributed by atoms with E-state index in [1.54, 1.807) is 34.5 Å². The van der Waals surface area contributed by atoms with E-state index in [2.05, 4.69) is 29.6 Å². The molecule has 6 heteroatoms. The Morgan fingerprint density at radius 3 is 2.45 bits per heavy atom. The number of nitrogens with one attached hydrogen (secondary N) is 1. The Balaban J connectivity index is 1.75. The van der Waals surface area contributed by atoms with Gasteiger partial charge in [0.2, 0.25) is 0 Å². The second-order valence-corrected chi connectivity index (χ2v) is 9.15. The zero-order valence-corrected chi connectivity index (χ0v) is 19.6. The van der Waals surface area contributed by atoms with Gasteiger partial charge in [-0.1, -0.05) is 48.5 Å². The van der Waals surface area contributed by atoms with Gasteiger partial charge in [0.15, 0.2) is 0 Å². The second kappa shape index (κ2) is 9.55. The summed E-state index contributed by atoms with van der Waals surface area (Å²) in [6.45, 7) is 3.96. The van der Waals surface area contributed by atoms with E-state index in [4.69, 9.17) is 0 Å². The highest BCUT2D eigenvalue weighted by Crippen LogP contribution is 2.31. The smallest absolute Gasteiger partial charge is 0.337 e. The number of para-hydroxylation sites is 1. The van der Waals surface area contributed by atoms with Gasteiger partial charge >= 0.3 is 5.97 Å². The summed E-state index contributed by atoms with van der Waals surface area (Å²) in [5.41, 5.74) is 3.88. The molecule has 3 aromatic carbocycles. The van der Waals surface area contributed by atoms with Crippen LogP contribution < -0.4 is 10.9 Å². The number of carbonyl (C=O) groups is 1. The van der Waals surface area contributed by atoms with Crippen molar-refractivity contribution in [3.8, 4) is 0 Å². The van der Waals surface area contributed by atoms with Gasteiger partial charge in [-0.15, -0.1) is 11.8 Å². The molecule has 0 saturated carbocycles. The van der Waals surface area contributed by atoms with Crippen molar-refractivity contribution in [2.75, 3.05) is 5.32 Å². The van der Waals surface area contributed by atoms with E-state index < -0.39 is 5.97 Å². The van der Waals surface area contributed by atoms with Crippen molar-refractivity contribution in [3.05, 3.63) is 105 Å². The van der Waals surface area contributed by atoms with Crippen LogP contribution in [0.2, 0.25) is 0 Å². The molecule has 2 N–H and O–H groups in total. The number of benzene rings is 3. The predicted octanol–water partition coefficient (Wildman–Crippen LogP) is 6.01. The Morgan fingerprint density at radius 2 is 1.73 bits per heavy atom. The normalized spacial score (nSPS) is 12.0. The van der Waals surface area contributed by atoms with Crippen LogP contribution in [-0.4, -0.2) is 15.6 Å². The lowest BCUT2D eigenvalue weighted by Gasteiger charge is -2.21. The van der Waals surface area contributed by atoms with Gasteiger partial charge in [0.1, 0.15) is 0 Å². The average Bonchev–Trinajstić information content (AvgIpc) is 2.81. The molecule has 0 amide bonds. The first-order valence-electron chi connectivity index (χ1n) is 10.7. The third-order valence-corrected chi connectivity index (χ3v) is 6.88. The van der Waals surface area contributed by atoms with Gasteiger partial charge in [0, 0.05) is 29.9 Å². The van der Waals surface area contributed by atoms with Gasteiger partial charge in [-0.2, -0.15) is 0 Å². The summed E-state index contributed by atoms with van der Waals surface area (Å²) >= 11 is 1.63. The van der Waals surface area contributed by atoms with Crippen LogP contribution in [-0.2, 0) is 12.8 Å². The maximum absolute atomic E-state index is 13.2. The third-order valence-electron chi connectivity index (χ3n) is 5.72. The molecule has 0 aliphatic carbocycles. The highest BCUT2D eigenvalue weighted by Gasteiger charge is 2.17. The summed E-state index contributed by atoms with van der Waals surface area (Å²) in [5, 5.41) is 15.3. The lowest BCUT2D eigenvalue weighted by Crippen LogP contribution is -2.20. The van der Waals surface area contributed by atoms with Crippen LogP contribution in [0.5, 0.6) is 0 Å². The summed E-state index contributed by atoms with van der Waals surface area (Å²) in [7, 11) is 1.81. The number of thioether (sulfide) groups is 1. The predicted molar refractivity (Wildman–Crippen MR) is 135 cm³/mol. The number of anilines is 1. The van der Waals surface area contributed by atoms with Gasteiger partial charge in [-0.25, -0.2) is 4.79 Å². The van der Waals surface area contributed by atoms with Crippen molar-refractivity contribution in [1.82, 2.24) is 4.57 Å². The van der Waals surface area contributed by atoms with E-state index in [1.807, 2.05) is 51.2 Å². The fourth-order valence-electron chi connectivity index (χ4n) is 4.00. The van der Waals surface area contributed by atoms with E-state index in [0.29, 0.717) is 11.1 Å². The lowest BCUT2D eigenvalue weighted by molar-refractivity contribution is 0.0698. The number of hydrogen-bond donors (Lipinski definition) is 2. The van der Waals surface area contributed by atoms with Gasteiger partial charge in [0.05, 0.1) is 10.6 Å². The zero-order valence-electron chi connectivity index (χ0n) is 18.8. The number of nitrogens with zero attached hydrogens (tertiary/aromatic N) is 1. The third kappa shape index (κ3) is 4.81. The molecular formula is C27H26N2O3S. The fourth-order valence-corrected chi connectivity index (χ4v) is 4.98. The summed E-state index contributed by atoms with van der Waals surface area (Å²) in [6.07, 6.45) is 0. The van der Waals surface area contributed by atoms with Gasteiger partial charge in [0.25, 0.3) is 5.56 Å². The minimum absolute atomic E-state index is 0.0360. The summed E-state index contributed by atoms with van der Waals surface area (Å²) in [6, 6.07) is 22.9. The highest BCUT2D eigenvalue weighted by atomic mass is 32.2. The molecule has 4 rings (SSSR count). The minimum atomic E-state index is -0.979. The molecule has 1 heterocycles. The Morgan fingerprint density at radius 1 is 1.03 bits per heavy atom. The molecule has 0 aliphatic heterocycles. The topological polar surface area (TPSA) is 71.3 Å². The minimum Gasteiger partial charge on any atom is -0.478 e. The molecule has 0 spiro atoms. The average molecular weight is 459 g/mol. The maximum Gasteiger partial charge on any atom is 0.337 e. The molecule has 0 fully saturated rings. The van der Waals surface area contributed by atoms with Crippen LogP contribution in [0.4, 0.5) is 5.69 Å². The van der Waals surface area contributed by atoms with E-state index in [0.717, 1.165) is 27.3 Å². The molecule has 0 saturated heterocycles. The number of carboxylic acids is 1. The quantitative estimate of drug-likeness (QED) is 0.332. The lowest BCUT2D eigenvalue weighted by atomic mass is 9.97. The maximum atomic E-state index is 13.2. The largest absolute Gasteiger partial charge is 0.478 e. The molecule has 5 nitrogen and oxygen atoms in total. The molecule has 1 atom stereocenters. The van der Waals surface area contributed by atoms with Crippen LogP contribution in [0, 0.1) is 6.92 Å². The van der Waals surface area contributed by atoms with Crippen LogP contribution in [0.15, 0.2) is 82.6 Å². The Kier molecular flexibility index (Phi) is 6.56. The van der Waals surface area contributed by atoms with Crippen molar-refractivity contribution in [1.29, 1.82) is 0 Å². The van der Waals surface area contributed by atoms with Crippen molar-refractivity contribution in [3.63, 3.8) is 0 Å². The molecule has 1 aromatic heterocycles. The van der Waals surface area contributed by atoms with Crippen LogP contribution in [0.3, 0.4) is 0 Å². The second-order valence-electron chi connectivity index (χ2n) is 8.15. The molecule has 33 heavy (non-hydrogen) atoms. The zero-order chi connectivity index (χ0) is 23.5. The van der Waals surface area contributed by atoms with E-state index in [9.17, 15) is 14.7 Å². The van der Waals surface area contributed by atoms with E-state index in [-0.39, 0.29) is 17.2 Å². The molecule has 0 aliphatic rings. The number of fused-ring (bicyclic) bond motifs is 1. The van der Waals surface area contributed by atoms with Crippen LogP contribution >= 0.6 is 11.8 Å². The number of pyridine rings is 1. The van der Waals surface area contributed by atoms with Crippen molar-refractivity contribution in [2.24, 2.45) is 7.05 Å². The number of aryl methyl sites for hydroxylation is 1. The number of rotatable bonds is 7. The van der Waals surface area contributed by atoms with Crippen molar-refractivity contribution >= 4 is 34.2 Å². The van der Waals surface area contributed by atoms with Gasteiger partial charge in [-0.05, 0) is 60.2 Å². The van der Waals surface area contributed by atoms with Gasteiger partial charge < -0.3 is 15.0 Å². The van der Waals surface area contributed by atoms with Crippen LogP contribution in [0.1, 0.15) is 40.0 Å². The first-order chi connectivity index (χ1) is 15.8. The van der Waals surface area contributed by atoms with E-state index >= 15 is 0 Å². The van der Waals surface area contributed by atoms with Crippen LogP contribution in [0.25, 0.3) is 10.8 Å². The summed E-state index contributed by atoms with van der Waals surface area (Å²) in [4.78, 5) is 24.9. The van der Waals surface area contributed by atoms with Gasteiger partial charge in [-0.3, -0.25) is 4.79 Å². The first-order valence-corrected chi connectivity index (χ1v) is 11.7. The standard InChI is InChI=1S/C27H26N2O3S/c1-17-13-21(18(2)28-24-12-8-7-11-20(24)27(31)32)22-15-25(29(3)26(30)23(22)14-17)33-16-19-9-5-4-6-10-19/h4-15,18,28H,16H2,1-3H3,(H,31,32)/t18-/m1/s1. The number of aromatic carboxylic acids is 1. The summed E-state index contributed by atoms with van der Waals surface area (Å²) < 4.78 is 1.71. The monoisotopic (exact) mass is 458 g/mol. The van der Waals surface area contributed by atoms with Crippen molar-refractivity contribution in [2.45, 2.75) is 30.7 Å². The molecule has 4 aromatic rings. The molecule has 0 radical (unpaired) electrons. The Hall–Kier alpha value is -3.51. The number of hydrogen-bond acceptors (Lipinski definition) is 4. The highest BCUT2D eigenvalue weighted by molar-refractivity contribution is 7.98. The van der Waals surface area contributed by atoms with Crippen molar-refractivity contribution < 1.29 is 9.90 Å². The molecular weight excluding hydrogens is 432 g/mol. The Bertz CT molecular complexity index is 1380. The fraction of sp³-hybridized carbons (Fsp3) is 0.185.